The van der Waals surface area contributed by atoms with E-state index in [-0.39, 0.29) is 6.42 Å². The van der Waals surface area contributed by atoms with E-state index in [0.717, 1.165) is 12.8 Å². The average Bonchev–Trinajstić information content (AvgIpc) is 1.50. The van der Waals surface area contributed by atoms with Gasteiger partial charge in [-0.25, -0.2) is 0 Å². The monoisotopic (exact) mass is 157 g/mol. The molecule has 1 unspecified atom stereocenters. The number of carboxylic acids is 1. The Kier molecular flexibility index (Phi) is 2.18. The van der Waals surface area contributed by atoms with Crippen molar-refractivity contribution in [3.05, 3.63) is 0 Å². The van der Waals surface area contributed by atoms with Crippen LogP contribution in [0.25, 0.3) is 0 Å². The molecule has 64 valence electrons. The second-order valence-electron chi connectivity index (χ2n) is 3.70. The zero-order valence-corrected chi connectivity index (χ0v) is 6.84. The number of hydrogen-bond donors (Lipinski definition) is 2. The normalized spacial score (nSPS) is 23.8. The van der Waals surface area contributed by atoms with Crippen LogP contribution in [0.1, 0.15) is 32.6 Å². The molecule has 1 aliphatic rings. The predicted molar refractivity (Wildman–Crippen MR) is 42.2 cm³/mol. The van der Waals surface area contributed by atoms with Crippen LogP contribution >= 0.6 is 0 Å². The van der Waals surface area contributed by atoms with Crippen LogP contribution in [0.5, 0.6) is 0 Å². The van der Waals surface area contributed by atoms with Crippen molar-refractivity contribution in [3.63, 3.8) is 0 Å². The van der Waals surface area contributed by atoms with Crippen molar-refractivity contribution in [2.75, 3.05) is 0 Å². The maximum atomic E-state index is 10.4. The fourth-order valence-electron chi connectivity index (χ4n) is 1.54. The van der Waals surface area contributed by atoms with E-state index in [2.05, 4.69) is 0 Å². The largest absolute Gasteiger partial charge is 0.481 e. The van der Waals surface area contributed by atoms with Gasteiger partial charge in [0.25, 0.3) is 0 Å². The molecule has 3 heteroatoms. The summed E-state index contributed by atoms with van der Waals surface area (Å²) in [6.45, 7) is 1.84. The molecule has 1 aliphatic carbocycles. The lowest BCUT2D eigenvalue weighted by atomic mass is 9.71. The molecule has 1 rings (SSSR count). The summed E-state index contributed by atoms with van der Waals surface area (Å²) in [4.78, 5) is 10.4. The Bertz CT molecular complexity index is 161. The molecule has 0 aromatic heterocycles. The molecule has 0 heterocycles. The number of nitrogens with two attached hydrogens (primary N) is 1. The molecule has 0 radical (unpaired) electrons. The highest BCUT2D eigenvalue weighted by Gasteiger charge is 2.35. The number of rotatable bonds is 3. The summed E-state index contributed by atoms with van der Waals surface area (Å²) < 4.78 is 0. The smallest absolute Gasteiger partial charge is 0.305 e. The predicted octanol–water partition coefficient (Wildman–Crippen LogP) is 0.979. The molecule has 1 saturated carbocycles. The van der Waals surface area contributed by atoms with Crippen LogP contribution in [0, 0.1) is 5.92 Å². The molecule has 0 aliphatic heterocycles. The molecule has 3 N–H and O–H groups in total. The van der Waals surface area contributed by atoms with Gasteiger partial charge in [0, 0.05) is 5.54 Å². The van der Waals surface area contributed by atoms with Gasteiger partial charge in [-0.05, 0) is 25.7 Å². The lowest BCUT2D eigenvalue weighted by molar-refractivity contribution is -0.139. The molecule has 0 bridgehead atoms. The third-order valence-corrected chi connectivity index (χ3v) is 2.57. The number of hydrogen-bond acceptors (Lipinski definition) is 2. The molecule has 11 heavy (non-hydrogen) atoms. The highest BCUT2D eigenvalue weighted by molar-refractivity contribution is 5.68. The second kappa shape index (κ2) is 2.81. The molecule has 0 spiro atoms. The van der Waals surface area contributed by atoms with E-state index in [1.54, 1.807) is 0 Å². The van der Waals surface area contributed by atoms with Crippen LogP contribution < -0.4 is 5.73 Å². The summed E-state index contributed by atoms with van der Waals surface area (Å²) in [5.74, 6) is -0.361. The zero-order valence-electron chi connectivity index (χ0n) is 6.84. The van der Waals surface area contributed by atoms with E-state index >= 15 is 0 Å². The first-order valence-electron chi connectivity index (χ1n) is 4.03. The van der Waals surface area contributed by atoms with E-state index in [4.69, 9.17) is 10.8 Å². The molecule has 3 nitrogen and oxygen atoms in total. The van der Waals surface area contributed by atoms with Gasteiger partial charge in [0.15, 0.2) is 0 Å². The third kappa shape index (κ3) is 1.93. The molecular weight excluding hydrogens is 142 g/mol. The van der Waals surface area contributed by atoms with Crippen LogP contribution in [-0.4, -0.2) is 16.6 Å². The zero-order chi connectivity index (χ0) is 8.48. The maximum absolute atomic E-state index is 10.4. The Balaban J connectivity index is 2.43. The Morgan fingerprint density at radius 2 is 2.27 bits per heavy atom. The highest BCUT2D eigenvalue weighted by atomic mass is 16.4. The minimum atomic E-state index is -0.790. The lowest BCUT2D eigenvalue weighted by Crippen LogP contribution is -2.48. The molecular formula is C8H15NO2. The van der Waals surface area contributed by atoms with Crippen LogP contribution in [-0.2, 0) is 4.79 Å². The average molecular weight is 157 g/mol. The van der Waals surface area contributed by atoms with Gasteiger partial charge < -0.3 is 10.8 Å². The summed E-state index contributed by atoms with van der Waals surface area (Å²) in [5.41, 5.74) is 5.36. The van der Waals surface area contributed by atoms with Gasteiger partial charge in [-0.15, -0.1) is 0 Å². The van der Waals surface area contributed by atoms with E-state index < -0.39 is 11.5 Å². The van der Waals surface area contributed by atoms with Crippen LogP contribution in [0.2, 0.25) is 0 Å². The van der Waals surface area contributed by atoms with Gasteiger partial charge in [-0.3, -0.25) is 4.79 Å². The van der Waals surface area contributed by atoms with E-state index in [9.17, 15) is 4.79 Å². The Morgan fingerprint density at radius 3 is 2.55 bits per heavy atom. The number of carbonyl (C=O) groups is 1. The fourth-order valence-corrected chi connectivity index (χ4v) is 1.54. The maximum Gasteiger partial charge on any atom is 0.305 e. The fraction of sp³-hybridized carbons (Fsp3) is 0.875. The minimum absolute atomic E-state index is 0.0949. The number of carboxylic acid groups (broad SMARTS) is 1. The first-order chi connectivity index (χ1) is 5.02. The molecule has 0 amide bonds. The molecule has 0 aromatic rings. The highest BCUT2D eigenvalue weighted by Crippen LogP contribution is 2.36. The molecule has 1 fully saturated rings. The summed E-state index contributed by atoms with van der Waals surface area (Å²) in [6, 6.07) is 0. The van der Waals surface area contributed by atoms with Gasteiger partial charge in [-0.1, -0.05) is 6.42 Å². The van der Waals surface area contributed by atoms with Crippen molar-refractivity contribution >= 4 is 5.97 Å². The Hall–Kier alpha value is -0.570. The summed E-state index contributed by atoms with van der Waals surface area (Å²) in [6.07, 6.45) is 3.50. The van der Waals surface area contributed by atoms with E-state index in [1.165, 1.54) is 6.42 Å². The van der Waals surface area contributed by atoms with Crippen molar-refractivity contribution in [2.45, 2.75) is 38.1 Å². The summed E-state index contributed by atoms with van der Waals surface area (Å²) in [7, 11) is 0. The van der Waals surface area contributed by atoms with Crippen molar-refractivity contribution < 1.29 is 9.90 Å². The standard InChI is InChI=1S/C8H15NO2/c1-8(9,5-7(10)11)6-3-2-4-6/h6H,2-5,9H2,1H3,(H,10,11). The number of aliphatic carboxylic acids is 1. The van der Waals surface area contributed by atoms with Gasteiger partial charge >= 0.3 is 5.97 Å². The van der Waals surface area contributed by atoms with Crippen molar-refractivity contribution in [2.24, 2.45) is 11.7 Å². The van der Waals surface area contributed by atoms with E-state index in [1.807, 2.05) is 6.92 Å². The topological polar surface area (TPSA) is 63.3 Å². The van der Waals surface area contributed by atoms with Crippen LogP contribution in [0.15, 0.2) is 0 Å². The molecule has 0 saturated heterocycles. The SMILES string of the molecule is CC(N)(CC(=O)O)C1CCC1. The van der Waals surface area contributed by atoms with Crippen LogP contribution in [0.3, 0.4) is 0 Å². The molecule has 1 atom stereocenters. The van der Waals surface area contributed by atoms with Gasteiger partial charge in [0.2, 0.25) is 0 Å². The Morgan fingerprint density at radius 1 is 1.73 bits per heavy atom. The van der Waals surface area contributed by atoms with Gasteiger partial charge in [-0.2, -0.15) is 0 Å². The first-order valence-corrected chi connectivity index (χ1v) is 4.03. The van der Waals surface area contributed by atoms with Crippen molar-refractivity contribution in [1.29, 1.82) is 0 Å². The Labute approximate surface area is 66.6 Å². The third-order valence-electron chi connectivity index (χ3n) is 2.57. The first kappa shape index (κ1) is 8.53. The van der Waals surface area contributed by atoms with Crippen LogP contribution in [0.4, 0.5) is 0 Å². The summed E-state index contributed by atoms with van der Waals surface area (Å²) in [5, 5.41) is 8.54. The van der Waals surface area contributed by atoms with Crippen molar-refractivity contribution in [3.8, 4) is 0 Å². The second-order valence-corrected chi connectivity index (χ2v) is 3.70. The minimum Gasteiger partial charge on any atom is -0.481 e. The van der Waals surface area contributed by atoms with E-state index in [0.29, 0.717) is 5.92 Å². The lowest BCUT2D eigenvalue weighted by Gasteiger charge is -2.39. The molecule has 0 aromatic carbocycles. The van der Waals surface area contributed by atoms with Gasteiger partial charge in [0.1, 0.15) is 0 Å². The summed E-state index contributed by atoms with van der Waals surface area (Å²) >= 11 is 0. The van der Waals surface area contributed by atoms with Gasteiger partial charge in [0.05, 0.1) is 6.42 Å². The quantitative estimate of drug-likeness (QED) is 0.641. The van der Waals surface area contributed by atoms with Crippen molar-refractivity contribution in [1.82, 2.24) is 0 Å².